The van der Waals surface area contributed by atoms with Gasteiger partial charge in [-0.25, -0.2) is 4.90 Å². The molecule has 2 aromatic rings. The second kappa shape index (κ2) is 9.69. The van der Waals surface area contributed by atoms with Crippen LogP contribution in [-0.2, 0) is 4.79 Å². The number of hydrogen-bond acceptors (Lipinski definition) is 5. The monoisotopic (exact) mass is 541 g/mol. The molecule has 0 radical (unpaired) electrons. The Kier molecular flexibility index (Phi) is 7.26. The number of imide groups is 1. The predicted molar refractivity (Wildman–Crippen MR) is 126 cm³/mol. The Hall–Kier alpha value is -1.97. The Morgan fingerprint density at radius 3 is 2.59 bits per heavy atom. The molecule has 1 aliphatic heterocycles. The van der Waals surface area contributed by atoms with E-state index in [4.69, 9.17) is 21.1 Å². The minimum atomic E-state index is -0.373. The van der Waals surface area contributed by atoms with E-state index in [0.29, 0.717) is 40.3 Å². The quantitative estimate of drug-likeness (QED) is 0.239. The molecule has 1 aliphatic rings. The molecule has 1 saturated heterocycles. The van der Waals surface area contributed by atoms with Gasteiger partial charge in [-0.1, -0.05) is 24.3 Å². The van der Waals surface area contributed by atoms with Crippen LogP contribution in [0.5, 0.6) is 11.5 Å². The van der Waals surface area contributed by atoms with Crippen molar-refractivity contribution in [3.63, 3.8) is 0 Å². The van der Waals surface area contributed by atoms with Gasteiger partial charge in [0.15, 0.2) is 11.5 Å². The van der Waals surface area contributed by atoms with Crippen LogP contribution in [-0.4, -0.2) is 24.4 Å². The van der Waals surface area contributed by atoms with Crippen LogP contribution < -0.4 is 14.4 Å². The van der Waals surface area contributed by atoms with Crippen LogP contribution in [0, 0.1) is 3.57 Å². The molecular weight excluding hydrogens is 525 g/mol. The molecule has 0 spiro atoms. The fourth-order valence-electron chi connectivity index (χ4n) is 2.65. The number of anilines is 1. The first kappa shape index (κ1) is 21.7. The third kappa shape index (κ3) is 4.96. The Bertz CT molecular complexity index is 991. The summed E-state index contributed by atoms with van der Waals surface area (Å²) < 4.78 is 12.2. The minimum absolute atomic E-state index is 0.336. The largest absolute Gasteiger partial charge is 0.490 e. The first-order valence-electron chi connectivity index (χ1n) is 8.68. The summed E-state index contributed by atoms with van der Waals surface area (Å²) in [6.45, 7) is 6.37. The van der Waals surface area contributed by atoms with Gasteiger partial charge in [0.25, 0.3) is 11.1 Å². The van der Waals surface area contributed by atoms with Crippen molar-refractivity contribution in [1.82, 2.24) is 0 Å². The van der Waals surface area contributed by atoms with Crippen molar-refractivity contribution >= 4 is 68.9 Å². The molecule has 0 aromatic heterocycles. The van der Waals surface area contributed by atoms with Crippen LogP contribution in [0.3, 0.4) is 0 Å². The number of hydrogen-bond donors (Lipinski definition) is 0. The molecule has 1 heterocycles. The van der Waals surface area contributed by atoms with E-state index in [0.717, 1.165) is 25.8 Å². The topological polar surface area (TPSA) is 55.8 Å². The lowest BCUT2D eigenvalue weighted by molar-refractivity contribution is -0.113. The summed E-state index contributed by atoms with van der Waals surface area (Å²) in [5, 5.41) is 0.183. The number of benzene rings is 2. The number of halogens is 2. The lowest BCUT2D eigenvalue weighted by atomic mass is 10.1. The van der Waals surface area contributed by atoms with Crippen molar-refractivity contribution < 1.29 is 19.1 Å². The molecule has 0 N–H and O–H groups in total. The Morgan fingerprint density at radius 1 is 1.21 bits per heavy atom. The van der Waals surface area contributed by atoms with Crippen molar-refractivity contribution in [3.8, 4) is 11.5 Å². The third-order valence-corrected chi connectivity index (χ3v) is 5.78. The van der Waals surface area contributed by atoms with E-state index in [9.17, 15) is 9.59 Å². The van der Waals surface area contributed by atoms with Gasteiger partial charge in [0.05, 0.1) is 20.8 Å². The summed E-state index contributed by atoms with van der Waals surface area (Å²) in [6, 6.07) is 10.2. The molecular formula is C21H17ClINO4S. The van der Waals surface area contributed by atoms with Crippen LogP contribution in [0.2, 0.25) is 5.02 Å². The first-order chi connectivity index (χ1) is 13.9. The van der Waals surface area contributed by atoms with Crippen molar-refractivity contribution in [2.75, 3.05) is 18.1 Å². The molecule has 2 aromatic carbocycles. The average molecular weight is 542 g/mol. The summed E-state index contributed by atoms with van der Waals surface area (Å²) in [7, 11) is 0. The van der Waals surface area contributed by atoms with Crippen molar-refractivity contribution in [2.45, 2.75) is 6.92 Å². The van der Waals surface area contributed by atoms with Crippen LogP contribution in [0.15, 0.2) is 54.0 Å². The molecule has 3 rings (SSSR count). The van der Waals surface area contributed by atoms with Gasteiger partial charge in [0.2, 0.25) is 0 Å². The predicted octanol–water partition coefficient (Wildman–Crippen LogP) is 6.15. The number of rotatable bonds is 7. The molecule has 0 unspecified atom stereocenters. The smallest absolute Gasteiger partial charge is 0.298 e. The summed E-state index contributed by atoms with van der Waals surface area (Å²) in [5.74, 6) is 0.825. The van der Waals surface area contributed by atoms with Crippen molar-refractivity contribution in [3.05, 3.63) is 68.1 Å². The van der Waals surface area contributed by atoms with E-state index in [1.807, 2.05) is 13.0 Å². The molecule has 5 nitrogen and oxygen atoms in total. The van der Waals surface area contributed by atoms with E-state index in [-0.39, 0.29) is 11.1 Å². The highest BCUT2D eigenvalue weighted by Gasteiger charge is 2.36. The second-order valence-electron chi connectivity index (χ2n) is 5.86. The van der Waals surface area contributed by atoms with Crippen LogP contribution in [0.25, 0.3) is 6.08 Å². The van der Waals surface area contributed by atoms with E-state index in [2.05, 4.69) is 29.2 Å². The summed E-state index contributed by atoms with van der Waals surface area (Å²) >= 11 is 8.94. The lowest BCUT2D eigenvalue weighted by Crippen LogP contribution is -2.27. The number of nitrogens with zero attached hydrogens (tertiary/aromatic N) is 1. The van der Waals surface area contributed by atoms with Gasteiger partial charge in [0.1, 0.15) is 6.61 Å². The zero-order valence-electron chi connectivity index (χ0n) is 15.5. The van der Waals surface area contributed by atoms with E-state index in [1.165, 1.54) is 0 Å². The van der Waals surface area contributed by atoms with E-state index >= 15 is 0 Å². The van der Waals surface area contributed by atoms with Gasteiger partial charge >= 0.3 is 0 Å². The van der Waals surface area contributed by atoms with Crippen LogP contribution in [0.1, 0.15) is 12.5 Å². The van der Waals surface area contributed by atoms with Crippen molar-refractivity contribution in [1.29, 1.82) is 0 Å². The van der Waals surface area contributed by atoms with Crippen LogP contribution in [0.4, 0.5) is 10.5 Å². The minimum Gasteiger partial charge on any atom is -0.490 e. The normalized spacial score (nSPS) is 15.1. The summed E-state index contributed by atoms with van der Waals surface area (Å²) in [5.41, 5.74) is 1.23. The lowest BCUT2D eigenvalue weighted by Gasteiger charge is -2.14. The SMILES string of the molecule is C=CCOc1c(I)cc(/C=C2/SC(=O)N(c3ccc(Cl)cc3)C2=O)cc1OCC. The summed E-state index contributed by atoms with van der Waals surface area (Å²) in [4.78, 5) is 26.7. The summed E-state index contributed by atoms with van der Waals surface area (Å²) in [6.07, 6.45) is 3.34. The fraction of sp³-hybridized carbons (Fsp3) is 0.143. The van der Waals surface area contributed by atoms with Crippen molar-refractivity contribution in [2.24, 2.45) is 0 Å². The van der Waals surface area contributed by atoms with Gasteiger partial charge in [-0.05, 0) is 89.3 Å². The number of thioether (sulfide) groups is 1. The average Bonchev–Trinajstić information content (AvgIpc) is 2.95. The third-order valence-electron chi connectivity index (χ3n) is 3.85. The molecule has 8 heteroatoms. The molecule has 0 bridgehead atoms. The standard InChI is InChI=1S/C21H17ClINO4S/c1-3-9-28-19-16(23)10-13(11-17(19)27-4-2)12-18-20(25)24(21(26)29-18)15-7-5-14(22)6-8-15/h3,5-8,10-12H,1,4,9H2,2H3/b18-12+. The maximum Gasteiger partial charge on any atom is 0.298 e. The van der Waals surface area contributed by atoms with Gasteiger partial charge in [-0.15, -0.1) is 0 Å². The fourth-order valence-corrected chi connectivity index (χ4v) is 4.40. The maximum absolute atomic E-state index is 12.8. The zero-order valence-corrected chi connectivity index (χ0v) is 19.2. The highest BCUT2D eigenvalue weighted by molar-refractivity contribution is 14.1. The maximum atomic E-state index is 12.8. The molecule has 0 saturated carbocycles. The van der Waals surface area contributed by atoms with Gasteiger partial charge in [-0.2, -0.15) is 0 Å². The van der Waals surface area contributed by atoms with Gasteiger partial charge in [-0.3, -0.25) is 9.59 Å². The highest BCUT2D eigenvalue weighted by atomic mass is 127. The van der Waals surface area contributed by atoms with E-state index in [1.54, 1.807) is 42.5 Å². The Morgan fingerprint density at radius 2 is 1.93 bits per heavy atom. The van der Waals surface area contributed by atoms with Crippen LogP contribution >= 0.6 is 46.0 Å². The number of ether oxygens (including phenoxy) is 2. The molecule has 2 amide bonds. The van der Waals surface area contributed by atoms with Gasteiger partial charge < -0.3 is 9.47 Å². The zero-order chi connectivity index (χ0) is 21.0. The Labute approximate surface area is 191 Å². The van der Waals surface area contributed by atoms with Gasteiger partial charge in [0, 0.05) is 5.02 Å². The second-order valence-corrected chi connectivity index (χ2v) is 8.45. The number of carbonyl (C=O) groups is 2. The first-order valence-corrected chi connectivity index (χ1v) is 11.0. The molecule has 0 aliphatic carbocycles. The molecule has 1 fully saturated rings. The molecule has 29 heavy (non-hydrogen) atoms. The number of amides is 2. The molecule has 150 valence electrons. The Balaban J connectivity index is 1.93. The molecule has 0 atom stereocenters. The number of carbonyl (C=O) groups excluding carboxylic acids is 2. The highest BCUT2D eigenvalue weighted by Crippen LogP contribution is 2.39. The van der Waals surface area contributed by atoms with E-state index < -0.39 is 0 Å².